The van der Waals surface area contributed by atoms with Gasteiger partial charge in [-0.2, -0.15) is 0 Å². The van der Waals surface area contributed by atoms with E-state index in [2.05, 4.69) is 5.32 Å². The lowest BCUT2D eigenvalue weighted by molar-refractivity contribution is -0.384. The highest BCUT2D eigenvalue weighted by Gasteiger charge is 2.23. The van der Waals surface area contributed by atoms with Gasteiger partial charge in [-0.1, -0.05) is 36.4 Å². The van der Waals surface area contributed by atoms with E-state index in [0.717, 1.165) is 11.6 Å². The molecular formula is C18H17N3O6. The fourth-order valence-electron chi connectivity index (χ4n) is 2.19. The molecule has 2 amide bonds. The molecule has 0 fully saturated rings. The van der Waals surface area contributed by atoms with Crippen molar-refractivity contribution in [1.82, 2.24) is 5.32 Å². The standard InChI is InChI=1S/C18H17N3O6/c19-17(23)15(10-16(22)27-11-12-5-2-1-3-6-12)20-18(24)13-7-4-8-14(9-13)21(25)26/h1-9,15H,10-11H2,(H2,19,23)(H,20,24)/t15-/m1/s1. The first kappa shape index (κ1) is 19.6. The van der Waals surface area contributed by atoms with Crippen LogP contribution in [-0.4, -0.2) is 28.7 Å². The monoisotopic (exact) mass is 371 g/mol. The second-order valence-electron chi connectivity index (χ2n) is 5.59. The number of carbonyl (C=O) groups excluding carboxylic acids is 3. The van der Waals surface area contributed by atoms with Crippen LogP contribution in [0.15, 0.2) is 54.6 Å². The second-order valence-corrected chi connectivity index (χ2v) is 5.59. The lowest BCUT2D eigenvalue weighted by Crippen LogP contribution is -2.45. The molecule has 9 heteroatoms. The molecule has 0 spiro atoms. The predicted molar refractivity (Wildman–Crippen MR) is 94.4 cm³/mol. The Morgan fingerprint density at radius 1 is 1.11 bits per heavy atom. The van der Waals surface area contributed by atoms with Gasteiger partial charge in [0.15, 0.2) is 0 Å². The van der Waals surface area contributed by atoms with E-state index in [4.69, 9.17) is 10.5 Å². The van der Waals surface area contributed by atoms with E-state index >= 15 is 0 Å². The van der Waals surface area contributed by atoms with Gasteiger partial charge in [0.1, 0.15) is 12.6 Å². The van der Waals surface area contributed by atoms with Crippen LogP contribution in [0.2, 0.25) is 0 Å². The van der Waals surface area contributed by atoms with Gasteiger partial charge in [-0.05, 0) is 11.6 Å². The van der Waals surface area contributed by atoms with Gasteiger partial charge in [0.2, 0.25) is 5.91 Å². The zero-order valence-corrected chi connectivity index (χ0v) is 14.2. The molecule has 0 bridgehead atoms. The number of nitro groups is 1. The molecule has 140 valence electrons. The molecule has 9 nitrogen and oxygen atoms in total. The number of hydrogen-bond acceptors (Lipinski definition) is 6. The van der Waals surface area contributed by atoms with Crippen LogP contribution in [0.4, 0.5) is 5.69 Å². The predicted octanol–water partition coefficient (Wildman–Crippen LogP) is 1.31. The molecule has 0 aliphatic heterocycles. The maximum absolute atomic E-state index is 12.2. The first-order chi connectivity index (χ1) is 12.9. The first-order valence-electron chi connectivity index (χ1n) is 7.91. The fourth-order valence-corrected chi connectivity index (χ4v) is 2.19. The van der Waals surface area contributed by atoms with Gasteiger partial charge in [0, 0.05) is 17.7 Å². The van der Waals surface area contributed by atoms with Crippen LogP contribution in [0.1, 0.15) is 22.3 Å². The van der Waals surface area contributed by atoms with Crippen molar-refractivity contribution >= 4 is 23.5 Å². The number of primary amides is 1. The van der Waals surface area contributed by atoms with Crippen LogP contribution in [-0.2, 0) is 20.9 Å². The summed E-state index contributed by atoms with van der Waals surface area (Å²) in [6.45, 7) is 0.0178. The average Bonchev–Trinajstić information content (AvgIpc) is 2.66. The number of esters is 1. The third-order valence-electron chi connectivity index (χ3n) is 3.58. The van der Waals surface area contributed by atoms with Crippen LogP contribution < -0.4 is 11.1 Å². The summed E-state index contributed by atoms with van der Waals surface area (Å²) in [5, 5.41) is 13.1. The molecule has 0 aliphatic rings. The summed E-state index contributed by atoms with van der Waals surface area (Å²) in [6, 6.07) is 12.6. The summed E-state index contributed by atoms with van der Waals surface area (Å²) in [5.74, 6) is -2.41. The molecule has 0 aliphatic carbocycles. The number of carbonyl (C=O) groups is 3. The number of nitrogens with zero attached hydrogens (tertiary/aromatic N) is 1. The van der Waals surface area contributed by atoms with Gasteiger partial charge in [0.25, 0.3) is 11.6 Å². The topological polar surface area (TPSA) is 142 Å². The first-order valence-corrected chi connectivity index (χ1v) is 7.91. The summed E-state index contributed by atoms with van der Waals surface area (Å²) < 4.78 is 5.06. The van der Waals surface area contributed by atoms with Crippen molar-refractivity contribution in [1.29, 1.82) is 0 Å². The van der Waals surface area contributed by atoms with Crippen LogP contribution >= 0.6 is 0 Å². The molecule has 0 heterocycles. The molecule has 0 aromatic heterocycles. The number of hydrogen-bond donors (Lipinski definition) is 2. The average molecular weight is 371 g/mol. The lowest BCUT2D eigenvalue weighted by Gasteiger charge is -2.15. The van der Waals surface area contributed by atoms with Crippen LogP contribution in [0.5, 0.6) is 0 Å². The lowest BCUT2D eigenvalue weighted by atomic mass is 10.1. The highest BCUT2D eigenvalue weighted by atomic mass is 16.6. The van der Waals surface area contributed by atoms with Gasteiger partial charge in [-0.25, -0.2) is 0 Å². The second kappa shape index (κ2) is 9.09. The van der Waals surface area contributed by atoms with Crippen molar-refractivity contribution < 1.29 is 24.0 Å². The van der Waals surface area contributed by atoms with Gasteiger partial charge >= 0.3 is 5.97 Å². The maximum atomic E-state index is 12.2. The van der Waals surface area contributed by atoms with Crippen LogP contribution in [0, 0.1) is 10.1 Å². The van der Waals surface area contributed by atoms with E-state index in [1.165, 1.54) is 18.2 Å². The quantitative estimate of drug-likeness (QED) is 0.407. The van der Waals surface area contributed by atoms with Crippen molar-refractivity contribution in [3.05, 3.63) is 75.8 Å². The highest BCUT2D eigenvalue weighted by molar-refractivity contribution is 5.98. The van der Waals surface area contributed by atoms with E-state index in [-0.39, 0.29) is 17.9 Å². The minimum atomic E-state index is -1.31. The summed E-state index contributed by atoms with van der Waals surface area (Å²) in [7, 11) is 0. The number of amides is 2. The Hall–Kier alpha value is -3.75. The van der Waals surface area contributed by atoms with Gasteiger partial charge in [-0.3, -0.25) is 24.5 Å². The molecule has 27 heavy (non-hydrogen) atoms. The molecule has 0 radical (unpaired) electrons. The molecule has 2 aromatic rings. The Bertz CT molecular complexity index is 853. The molecule has 0 saturated carbocycles. The zero-order valence-electron chi connectivity index (χ0n) is 14.2. The Morgan fingerprint density at radius 2 is 1.81 bits per heavy atom. The number of benzene rings is 2. The van der Waals surface area contributed by atoms with Crippen molar-refractivity contribution in [2.24, 2.45) is 5.73 Å². The fraction of sp³-hybridized carbons (Fsp3) is 0.167. The van der Waals surface area contributed by atoms with E-state index in [1.54, 1.807) is 24.3 Å². The van der Waals surface area contributed by atoms with E-state index in [0.29, 0.717) is 0 Å². The summed E-state index contributed by atoms with van der Waals surface area (Å²) in [4.78, 5) is 45.8. The Kier molecular flexibility index (Phi) is 6.59. The van der Waals surface area contributed by atoms with E-state index in [9.17, 15) is 24.5 Å². The van der Waals surface area contributed by atoms with Gasteiger partial charge < -0.3 is 15.8 Å². The maximum Gasteiger partial charge on any atom is 0.308 e. The number of nitrogens with two attached hydrogens (primary N) is 1. The molecule has 3 N–H and O–H groups in total. The highest BCUT2D eigenvalue weighted by Crippen LogP contribution is 2.13. The Balaban J connectivity index is 1.97. The molecule has 2 aromatic carbocycles. The number of rotatable bonds is 8. The van der Waals surface area contributed by atoms with Crippen molar-refractivity contribution in [3.63, 3.8) is 0 Å². The summed E-state index contributed by atoms with van der Waals surface area (Å²) in [6.07, 6.45) is -0.456. The Labute approximate surface area is 154 Å². The van der Waals surface area contributed by atoms with Crippen LogP contribution in [0.3, 0.4) is 0 Å². The number of nitro benzene ring substituents is 1. The number of nitrogens with one attached hydrogen (secondary N) is 1. The third-order valence-corrected chi connectivity index (χ3v) is 3.58. The summed E-state index contributed by atoms with van der Waals surface area (Å²) in [5.41, 5.74) is 5.68. The summed E-state index contributed by atoms with van der Waals surface area (Å²) >= 11 is 0. The van der Waals surface area contributed by atoms with Gasteiger partial charge in [0.05, 0.1) is 11.3 Å². The Morgan fingerprint density at radius 3 is 2.44 bits per heavy atom. The van der Waals surface area contributed by atoms with Crippen LogP contribution in [0.25, 0.3) is 0 Å². The third kappa shape index (κ3) is 5.92. The molecule has 1 atom stereocenters. The molecule has 0 unspecified atom stereocenters. The van der Waals surface area contributed by atoms with E-state index < -0.39 is 35.2 Å². The number of ether oxygens (including phenoxy) is 1. The minimum Gasteiger partial charge on any atom is -0.461 e. The smallest absolute Gasteiger partial charge is 0.308 e. The minimum absolute atomic E-state index is 0.0178. The molecule has 0 saturated heterocycles. The normalized spacial score (nSPS) is 11.3. The molecule has 2 rings (SSSR count). The van der Waals surface area contributed by atoms with Gasteiger partial charge in [-0.15, -0.1) is 0 Å². The van der Waals surface area contributed by atoms with Crippen molar-refractivity contribution in [2.75, 3.05) is 0 Å². The van der Waals surface area contributed by atoms with Crippen molar-refractivity contribution in [3.8, 4) is 0 Å². The van der Waals surface area contributed by atoms with E-state index in [1.807, 2.05) is 6.07 Å². The largest absolute Gasteiger partial charge is 0.461 e. The number of non-ortho nitro benzene ring substituents is 1. The molecular weight excluding hydrogens is 354 g/mol. The zero-order chi connectivity index (χ0) is 19.8. The SMILES string of the molecule is NC(=O)[C@@H](CC(=O)OCc1ccccc1)NC(=O)c1cccc([N+](=O)[O-])c1. The van der Waals surface area contributed by atoms with Crippen molar-refractivity contribution in [2.45, 2.75) is 19.1 Å².